The number of hydrogen-bond donors (Lipinski definition) is 2. The van der Waals surface area contributed by atoms with Gasteiger partial charge in [0.15, 0.2) is 0 Å². The van der Waals surface area contributed by atoms with Crippen molar-refractivity contribution in [2.24, 2.45) is 0 Å². The summed E-state index contributed by atoms with van der Waals surface area (Å²) in [7, 11) is 0. The van der Waals surface area contributed by atoms with Crippen molar-refractivity contribution < 1.29 is 4.79 Å². The van der Waals surface area contributed by atoms with E-state index in [-0.39, 0.29) is 6.03 Å². The Morgan fingerprint density at radius 2 is 2.13 bits per heavy atom. The monoisotopic (exact) mass is 268 g/mol. The number of nitrogens with one attached hydrogen (secondary N) is 2. The highest BCUT2D eigenvalue weighted by atomic mass is 79.9. The summed E-state index contributed by atoms with van der Waals surface area (Å²) in [5, 5.41) is 5.30. The van der Waals surface area contributed by atoms with Gasteiger partial charge in [-0.1, -0.05) is 40.7 Å². The van der Waals surface area contributed by atoms with E-state index < -0.39 is 0 Å². The zero-order valence-electron chi connectivity index (χ0n) is 8.51. The molecule has 0 atom stereocenters. The van der Waals surface area contributed by atoms with Crippen molar-refractivity contribution in [2.45, 2.75) is 13.5 Å². The lowest BCUT2D eigenvalue weighted by Crippen LogP contribution is -2.33. The maximum Gasteiger partial charge on any atom is 0.319 e. The van der Waals surface area contributed by atoms with Crippen LogP contribution in [0.25, 0.3) is 0 Å². The second-order valence-corrected chi connectivity index (χ2v) is 4.03. The Morgan fingerprint density at radius 3 is 2.73 bits per heavy atom. The second kappa shape index (κ2) is 5.56. The van der Waals surface area contributed by atoms with E-state index in [0.29, 0.717) is 12.2 Å². The van der Waals surface area contributed by atoms with Crippen molar-refractivity contribution in [1.82, 2.24) is 10.6 Å². The largest absolute Gasteiger partial charge is 0.334 e. The van der Waals surface area contributed by atoms with Gasteiger partial charge in [0.05, 0.1) is 0 Å². The number of carbonyl (C=O) groups excluding carboxylic acids is 1. The first-order chi connectivity index (χ1) is 7.09. The third-order valence-electron chi connectivity index (χ3n) is 1.72. The highest BCUT2D eigenvalue weighted by molar-refractivity contribution is 9.10. The lowest BCUT2D eigenvalue weighted by atomic mass is 10.2. The fourth-order valence-corrected chi connectivity index (χ4v) is 1.48. The van der Waals surface area contributed by atoms with E-state index in [2.05, 4.69) is 33.1 Å². The van der Waals surface area contributed by atoms with Crippen molar-refractivity contribution in [1.29, 1.82) is 0 Å². The van der Waals surface area contributed by atoms with Crippen LogP contribution in [0.5, 0.6) is 0 Å². The third-order valence-corrected chi connectivity index (χ3v) is 2.50. The molecule has 0 saturated carbocycles. The molecule has 0 saturated heterocycles. The van der Waals surface area contributed by atoms with Crippen LogP contribution in [0.2, 0.25) is 0 Å². The first kappa shape index (κ1) is 11.8. The van der Waals surface area contributed by atoms with Crippen LogP contribution in [0, 0.1) is 0 Å². The van der Waals surface area contributed by atoms with Gasteiger partial charge in [0.25, 0.3) is 0 Å². The number of halogens is 1. The number of urea groups is 1. The minimum atomic E-state index is -0.238. The first-order valence-electron chi connectivity index (χ1n) is 4.53. The van der Waals surface area contributed by atoms with Gasteiger partial charge in [0, 0.05) is 16.7 Å². The van der Waals surface area contributed by atoms with E-state index in [0.717, 1.165) is 10.0 Å². The average Bonchev–Trinajstić information content (AvgIpc) is 2.15. The lowest BCUT2D eigenvalue weighted by molar-refractivity contribution is 0.243. The Morgan fingerprint density at radius 1 is 1.47 bits per heavy atom. The van der Waals surface area contributed by atoms with Gasteiger partial charge in [-0.05, 0) is 18.6 Å². The molecule has 0 aliphatic heterocycles. The average molecular weight is 269 g/mol. The molecule has 2 N–H and O–H groups in total. The third kappa shape index (κ3) is 4.16. The van der Waals surface area contributed by atoms with Gasteiger partial charge in [-0.15, -0.1) is 0 Å². The van der Waals surface area contributed by atoms with Gasteiger partial charge in [-0.3, -0.25) is 0 Å². The Kier molecular flexibility index (Phi) is 4.37. The molecule has 0 aliphatic carbocycles. The standard InChI is InChI=1S/C11H13BrN2O/c1-8(2)14-11(15)13-7-9-5-3-4-6-10(9)12/h3-6H,1,7H2,2H3,(H2,13,14,15). The van der Waals surface area contributed by atoms with Gasteiger partial charge in [-0.2, -0.15) is 0 Å². The fraction of sp³-hybridized carbons (Fsp3) is 0.182. The summed E-state index contributed by atoms with van der Waals surface area (Å²) in [4.78, 5) is 11.2. The number of benzene rings is 1. The molecule has 2 amide bonds. The van der Waals surface area contributed by atoms with Gasteiger partial charge in [0.2, 0.25) is 0 Å². The van der Waals surface area contributed by atoms with E-state index in [1.807, 2.05) is 24.3 Å². The van der Waals surface area contributed by atoms with Crippen molar-refractivity contribution in [3.8, 4) is 0 Å². The molecule has 3 nitrogen and oxygen atoms in total. The molecule has 0 heterocycles. The van der Waals surface area contributed by atoms with E-state index in [9.17, 15) is 4.79 Å². The Bertz CT molecular complexity index is 377. The maximum atomic E-state index is 11.2. The molecule has 1 aromatic carbocycles. The smallest absolute Gasteiger partial charge is 0.319 e. The molecule has 0 fully saturated rings. The van der Waals surface area contributed by atoms with Crippen molar-refractivity contribution >= 4 is 22.0 Å². The van der Waals surface area contributed by atoms with Crippen molar-refractivity contribution in [3.05, 3.63) is 46.6 Å². The molecule has 4 heteroatoms. The summed E-state index contributed by atoms with van der Waals surface area (Å²) >= 11 is 3.41. The first-order valence-corrected chi connectivity index (χ1v) is 5.32. The number of hydrogen-bond acceptors (Lipinski definition) is 1. The molecule has 0 spiro atoms. The molecule has 0 unspecified atom stereocenters. The zero-order chi connectivity index (χ0) is 11.3. The molecule has 1 rings (SSSR count). The van der Waals surface area contributed by atoms with E-state index >= 15 is 0 Å². The Balaban J connectivity index is 2.47. The SMILES string of the molecule is C=C(C)NC(=O)NCc1ccccc1Br. The second-order valence-electron chi connectivity index (χ2n) is 3.18. The Hall–Kier alpha value is -1.29. The van der Waals surface area contributed by atoms with Crippen LogP contribution in [0.1, 0.15) is 12.5 Å². The molecule has 1 aromatic rings. The number of amides is 2. The summed E-state index contributed by atoms with van der Waals surface area (Å²) < 4.78 is 0.987. The minimum Gasteiger partial charge on any atom is -0.334 e. The van der Waals surface area contributed by atoms with Gasteiger partial charge < -0.3 is 10.6 Å². The lowest BCUT2D eigenvalue weighted by Gasteiger charge is -2.08. The molecule has 80 valence electrons. The van der Waals surface area contributed by atoms with Crippen LogP contribution in [0.3, 0.4) is 0 Å². The highest BCUT2D eigenvalue weighted by Gasteiger charge is 2.01. The van der Waals surface area contributed by atoms with E-state index in [1.54, 1.807) is 6.92 Å². The predicted octanol–water partition coefficient (Wildman–Crippen LogP) is 2.78. The molecule has 0 aliphatic rings. The molecule has 15 heavy (non-hydrogen) atoms. The van der Waals surface area contributed by atoms with Crippen LogP contribution in [0.15, 0.2) is 41.0 Å². The molecular weight excluding hydrogens is 256 g/mol. The Labute approximate surface area is 97.7 Å². The summed E-state index contributed by atoms with van der Waals surface area (Å²) in [5.74, 6) is 0. The number of rotatable bonds is 3. The predicted molar refractivity (Wildman–Crippen MR) is 64.3 cm³/mol. The molecular formula is C11H13BrN2O. The summed E-state index contributed by atoms with van der Waals surface area (Å²) in [6.45, 7) is 5.81. The number of allylic oxidation sites excluding steroid dienone is 1. The number of carbonyl (C=O) groups is 1. The topological polar surface area (TPSA) is 41.1 Å². The summed E-state index contributed by atoms with van der Waals surface area (Å²) in [5.41, 5.74) is 1.66. The maximum absolute atomic E-state index is 11.2. The van der Waals surface area contributed by atoms with Gasteiger partial charge in [0.1, 0.15) is 0 Å². The van der Waals surface area contributed by atoms with E-state index in [1.165, 1.54) is 0 Å². The summed E-state index contributed by atoms with van der Waals surface area (Å²) in [6.07, 6.45) is 0. The van der Waals surface area contributed by atoms with Crippen LogP contribution < -0.4 is 10.6 Å². The van der Waals surface area contributed by atoms with Crippen molar-refractivity contribution in [3.63, 3.8) is 0 Å². The van der Waals surface area contributed by atoms with Gasteiger partial charge in [-0.25, -0.2) is 4.79 Å². The quantitative estimate of drug-likeness (QED) is 0.870. The van der Waals surface area contributed by atoms with Crippen LogP contribution in [0.4, 0.5) is 4.79 Å². The fourth-order valence-electron chi connectivity index (χ4n) is 1.06. The molecule has 0 bridgehead atoms. The highest BCUT2D eigenvalue weighted by Crippen LogP contribution is 2.15. The normalized spacial score (nSPS) is 9.47. The van der Waals surface area contributed by atoms with E-state index in [4.69, 9.17) is 0 Å². The zero-order valence-corrected chi connectivity index (χ0v) is 10.1. The van der Waals surface area contributed by atoms with Crippen molar-refractivity contribution in [2.75, 3.05) is 0 Å². The van der Waals surface area contributed by atoms with Crippen LogP contribution in [-0.4, -0.2) is 6.03 Å². The van der Waals surface area contributed by atoms with Crippen LogP contribution in [-0.2, 0) is 6.54 Å². The molecule has 0 radical (unpaired) electrons. The van der Waals surface area contributed by atoms with Crippen LogP contribution >= 0.6 is 15.9 Å². The van der Waals surface area contributed by atoms with Gasteiger partial charge >= 0.3 is 6.03 Å². The minimum absolute atomic E-state index is 0.238. The molecule has 0 aromatic heterocycles. The summed E-state index contributed by atoms with van der Waals surface area (Å²) in [6, 6.07) is 7.51.